The summed E-state index contributed by atoms with van der Waals surface area (Å²) in [6.45, 7) is 3.74. The van der Waals surface area contributed by atoms with Gasteiger partial charge in [0, 0.05) is 5.69 Å². The first-order valence-corrected chi connectivity index (χ1v) is 5.70. The standard InChI is InChI=1S/C13H18N2O3.ClH/c1-8(2)11(14)12(16)15-10-6-4-5-9(7-10)13(17)18-3;/h4-8,11H,14H2,1-3H3,(H,15,16);1H/t11-;/m1./s1. The quantitative estimate of drug-likeness (QED) is 0.827. The highest BCUT2D eigenvalue weighted by molar-refractivity contribution is 5.96. The molecular formula is C13H19ClN2O3. The molecule has 1 atom stereocenters. The molecule has 0 heterocycles. The summed E-state index contributed by atoms with van der Waals surface area (Å²) < 4.78 is 4.61. The SMILES string of the molecule is COC(=O)c1cccc(NC(=O)[C@H](N)C(C)C)c1.Cl. The van der Waals surface area contributed by atoms with Crippen molar-refractivity contribution in [3.63, 3.8) is 0 Å². The number of anilines is 1. The number of nitrogens with two attached hydrogens (primary N) is 1. The molecule has 1 aromatic rings. The van der Waals surface area contributed by atoms with Crippen LogP contribution in [0, 0.1) is 5.92 Å². The van der Waals surface area contributed by atoms with Crippen molar-refractivity contribution in [2.24, 2.45) is 11.7 Å². The van der Waals surface area contributed by atoms with Crippen molar-refractivity contribution in [3.8, 4) is 0 Å². The van der Waals surface area contributed by atoms with Crippen molar-refractivity contribution in [1.29, 1.82) is 0 Å². The third kappa shape index (κ3) is 4.89. The highest BCUT2D eigenvalue weighted by atomic mass is 35.5. The van der Waals surface area contributed by atoms with Gasteiger partial charge in [-0.15, -0.1) is 12.4 Å². The maximum absolute atomic E-state index is 11.8. The van der Waals surface area contributed by atoms with Crippen LogP contribution in [0.5, 0.6) is 0 Å². The Kier molecular flexibility index (Phi) is 7.11. The molecule has 0 aliphatic carbocycles. The van der Waals surface area contributed by atoms with Crippen molar-refractivity contribution in [2.45, 2.75) is 19.9 Å². The molecule has 0 aliphatic heterocycles. The fourth-order valence-corrected chi connectivity index (χ4v) is 1.37. The second kappa shape index (κ2) is 7.76. The van der Waals surface area contributed by atoms with Crippen LogP contribution in [0.3, 0.4) is 0 Å². The van der Waals surface area contributed by atoms with Crippen LogP contribution in [0.15, 0.2) is 24.3 Å². The zero-order valence-electron chi connectivity index (χ0n) is 11.2. The van der Waals surface area contributed by atoms with Gasteiger partial charge in [-0.05, 0) is 24.1 Å². The number of rotatable bonds is 4. The van der Waals surface area contributed by atoms with Crippen molar-refractivity contribution in [1.82, 2.24) is 0 Å². The third-order valence-electron chi connectivity index (χ3n) is 2.57. The lowest BCUT2D eigenvalue weighted by atomic mass is 10.0. The van der Waals surface area contributed by atoms with Crippen molar-refractivity contribution >= 4 is 30.0 Å². The Morgan fingerprint density at radius 2 is 1.95 bits per heavy atom. The third-order valence-corrected chi connectivity index (χ3v) is 2.57. The summed E-state index contributed by atoms with van der Waals surface area (Å²) in [6, 6.07) is 5.95. The van der Waals surface area contributed by atoms with E-state index in [2.05, 4.69) is 10.1 Å². The molecule has 0 aliphatic rings. The van der Waals surface area contributed by atoms with Gasteiger partial charge in [-0.1, -0.05) is 19.9 Å². The maximum atomic E-state index is 11.8. The topological polar surface area (TPSA) is 81.4 Å². The van der Waals surface area contributed by atoms with E-state index < -0.39 is 12.0 Å². The number of carbonyl (C=O) groups excluding carboxylic acids is 2. The number of amides is 1. The molecule has 0 saturated heterocycles. The number of esters is 1. The van der Waals surface area contributed by atoms with Crippen LogP contribution in [0.1, 0.15) is 24.2 Å². The van der Waals surface area contributed by atoms with E-state index in [0.29, 0.717) is 11.3 Å². The molecule has 0 aromatic heterocycles. The largest absolute Gasteiger partial charge is 0.465 e. The highest BCUT2D eigenvalue weighted by Crippen LogP contribution is 2.12. The molecule has 0 bridgehead atoms. The van der Waals surface area contributed by atoms with Crippen LogP contribution in [0.25, 0.3) is 0 Å². The fourth-order valence-electron chi connectivity index (χ4n) is 1.37. The number of methoxy groups -OCH3 is 1. The Morgan fingerprint density at radius 1 is 1.32 bits per heavy atom. The van der Waals surface area contributed by atoms with Crippen LogP contribution >= 0.6 is 12.4 Å². The second-order valence-corrected chi connectivity index (χ2v) is 4.33. The normalized spacial score (nSPS) is 11.4. The molecule has 1 rings (SSSR count). The van der Waals surface area contributed by atoms with Crippen LogP contribution in [0.4, 0.5) is 5.69 Å². The van der Waals surface area contributed by atoms with Gasteiger partial charge >= 0.3 is 5.97 Å². The number of nitrogens with one attached hydrogen (secondary N) is 1. The molecule has 6 heteroatoms. The van der Waals surface area contributed by atoms with E-state index in [-0.39, 0.29) is 24.2 Å². The van der Waals surface area contributed by atoms with Gasteiger partial charge < -0.3 is 15.8 Å². The predicted octanol–water partition coefficient (Wildman–Crippen LogP) is 1.82. The maximum Gasteiger partial charge on any atom is 0.337 e. The molecule has 106 valence electrons. The lowest BCUT2D eigenvalue weighted by Crippen LogP contribution is -2.39. The Morgan fingerprint density at radius 3 is 2.47 bits per heavy atom. The second-order valence-electron chi connectivity index (χ2n) is 4.33. The monoisotopic (exact) mass is 286 g/mol. The van der Waals surface area contributed by atoms with Gasteiger partial charge in [0.25, 0.3) is 0 Å². The van der Waals surface area contributed by atoms with Gasteiger partial charge in [-0.25, -0.2) is 4.79 Å². The Hall–Kier alpha value is -1.59. The predicted molar refractivity (Wildman–Crippen MR) is 76.5 cm³/mol. The number of ether oxygens (including phenoxy) is 1. The highest BCUT2D eigenvalue weighted by Gasteiger charge is 2.17. The lowest BCUT2D eigenvalue weighted by Gasteiger charge is -2.15. The molecule has 0 radical (unpaired) electrons. The van der Waals surface area contributed by atoms with Gasteiger partial charge in [-0.2, -0.15) is 0 Å². The molecule has 0 saturated carbocycles. The van der Waals surface area contributed by atoms with E-state index in [0.717, 1.165) is 0 Å². The molecular weight excluding hydrogens is 268 g/mol. The molecule has 1 amide bonds. The average molecular weight is 287 g/mol. The van der Waals surface area contributed by atoms with Crippen LogP contribution in [-0.4, -0.2) is 25.0 Å². The minimum absolute atomic E-state index is 0. The summed E-state index contributed by atoms with van der Waals surface area (Å²) in [7, 11) is 1.31. The minimum atomic E-state index is -0.577. The van der Waals surface area contributed by atoms with E-state index in [9.17, 15) is 9.59 Å². The van der Waals surface area contributed by atoms with Crippen molar-refractivity contribution in [2.75, 3.05) is 12.4 Å². The minimum Gasteiger partial charge on any atom is -0.465 e. The zero-order chi connectivity index (χ0) is 13.7. The summed E-state index contributed by atoms with van der Waals surface area (Å²) in [5.74, 6) is -0.667. The smallest absolute Gasteiger partial charge is 0.337 e. The number of carbonyl (C=O) groups is 2. The number of halogens is 1. The van der Waals surface area contributed by atoms with Crippen molar-refractivity contribution in [3.05, 3.63) is 29.8 Å². The van der Waals surface area contributed by atoms with Crippen LogP contribution in [0.2, 0.25) is 0 Å². The van der Waals surface area contributed by atoms with Crippen LogP contribution < -0.4 is 11.1 Å². The van der Waals surface area contributed by atoms with E-state index in [4.69, 9.17) is 5.73 Å². The zero-order valence-corrected chi connectivity index (χ0v) is 12.0. The summed E-state index contributed by atoms with van der Waals surface area (Å²) >= 11 is 0. The van der Waals surface area contributed by atoms with E-state index >= 15 is 0 Å². The van der Waals surface area contributed by atoms with Gasteiger partial charge in [-0.3, -0.25) is 4.79 Å². The first-order valence-electron chi connectivity index (χ1n) is 5.70. The lowest BCUT2D eigenvalue weighted by molar-refractivity contribution is -0.118. The Bertz CT molecular complexity index is 449. The molecule has 19 heavy (non-hydrogen) atoms. The van der Waals surface area contributed by atoms with Gasteiger partial charge in [0.1, 0.15) is 0 Å². The molecule has 0 unspecified atom stereocenters. The summed E-state index contributed by atoms with van der Waals surface area (Å²) in [6.07, 6.45) is 0. The number of hydrogen-bond donors (Lipinski definition) is 2. The van der Waals surface area contributed by atoms with Crippen molar-refractivity contribution < 1.29 is 14.3 Å². The van der Waals surface area contributed by atoms with Gasteiger partial charge in [0.2, 0.25) is 5.91 Å². The Balaban J connectivity index is 0.00000324. The van der Waals surface area contributed by atoms with Gasteiger partial charge in [0.05, 0.1) is 18.7 Å². The molecule has 0 fully saturated rings. The summed E-state index contributed by atoms with van der Waals surface area (Å²) in [4.78, 5) is 23.1. The first kappa shape index (κ1) is 17.4. The van der Waals surface area contributed by atoms with Crippen LogP contribution in [-0.2, 0) is 9.53 Å². The Labute approximate surface area is 118 Å². The molecule has 3 N–H and O–H groups in total. The van der Waals surface area contributed by atoms with E-state index in [1.165, 1.54) is 7.11 Å². The average Bonchev–Trinajstić information content (AvgIpc) is 2.36. The summed E-state index contributed by atoms with van der Waals surface area (Å²) in [5, 5.41) is 2.67. The first-order chi connectivity index (χ1) is 8.45. The summed E-state index contributed by atoms with van der Waals surface area (Å²) in [5.41, 5.74) is 6.64. The van der Waals surface area contributed by atoms with Gasteiger partial charge in [0.15, 0.2) is 0 Å². The number of hydrogen-bond acceptors (Lipinski definition) is 4. The molecule has 0 spiro atoms. The fraction of sp³-hybridized carbons (Fsp3) is 0.385. The molecule has 1 aromatic carbocycles. The van der Waals surface area contributed by atoms with E-state index in [1.54, 1.807) is 24.3 Å². The number of benzene rings is 1. The van der Waals surface area contributed by atoms with E-state index in [1.807, 2.05) is 13.8 Å². The molecule has 5 nitrogen and oxygen atoms in total.